The second-order valence-corrected chi connectivity index (χ2v) is 5.84. The molecule has 1 aromatic heterocycles. The van der Waals surface area contributed by atoms with Gasteiger partial charge in [-0.15, -0.1) is 0 Å². The fraction of sp³-hybridized carbons (Fsp3) is 0.375. The number of carbonyl (C=O) groups excluding carboxylic acids is 2. The molecule has 1 heterocycles. The monoisotopic (exact) mass is 380 g/mol. The first kappa shape index (κ1) is 19.7. The molecule has 0 saturated carbocycles. The first-order valence-corrected chi connectivity index (χ1v) is 8.36. The largest absolute Gasteiger partial charge is 0.375 e. The van der Waals surface area contributed by atoms with E-state index in [9.17, 15) is 9.59 Å². The van der Waals surface area contributed by atoms with Crippen molar-refractivity contribution in [3.8, 4) is 0 Å². The average molecular weight is 381 g/mol. The molecule has 1 aromatic carbocycles. The highest BCUT2D eigenvalue weighted by atomic mass is 35.5. The molecule has 26 heavy (non-hydrogen) atoms. The molecule has 0 saturated heterocycles. The van der Waals surface area contributed by atoms with Crippen molar-refractivity contribution in [1.29, 1.82) is 0 Å². The SMILES string of the molecule is CCn1ncnc1[C@H](C)NC(=O)Nc1cc(NC(=O)COC)ccc1Cl. The van der Waals surface area contributed by atoms with Crippen LogP contribution in [0.15, 0.2) is 24.5 Å². The molecule has 140 valence electrons. The van der Waals surface area contributed by atoms with Crippen LogP contribution >= 0.6 is 11.6 Å². The molecule has 0 unspecified atom stereocenters. The summed E-state index contributed by atoms with van der Waals surface area (Å²) in [7, 11) is 1.43. The Balaban J connectivity index is 2.02. The van der Waals surface area contributed by atoms with Gasteiger partial charge in [0.15, 0.2) is 0 Å². The number of halogens is 1. The van der Waals surface area contributed by atoms with Crippen molar-refractivity contribution >= 4 is 34.9 Å². The second-order valence-electron chi connectivity index (χ2n) is 5.43. The zero-order chi connectivity index (χ0) is 19.1. The lowest BCUT2D eigenvalue weighted by atomic mass is 10.2. The molecule has 0 aliphatic heterocycles. The van der Waals surface area contributed by atoms with E-state index in [1.54, 1.807) is 29.8 Å². The number of methoxy groups -OCH3 is 1. The number of ether oxygens (including phenoxy) is 1. The maximum absolute atomic E-state index is 12.3. The number of nitrogens with zero attached hydrogens (tertiary/aromatic N) is 3. The molecule has 0 fully saturated rings. The van der Waals surface area contributed by atoms with E-state index < -0.39 is 6.03 Å². The van der Waals surface area contributed by atoms with Crippen molar-refractivity contribution in [2.75, 3.05) is 24.4 Å². The van der Waals surface area contributed by atoms with Crippen molar-refractivity contribution in [3.05, 3.63) is 35.4 Å². The number of amides is 3. The van der Waals surface area contributed by atoms with Gasteiger partial charge in [0.2, 0.25) is 5.91 Å². The molecule has 9 nitrogen and oxygen atoms in total. The predicted molar refractivity (Wildman–Crippen MR) is 98.2 cm³/mol. The van der Waals surface area contributed by atoms with Gasteiger partial charge < -0.3 is 20.7 Å². The van der Waals surface area contributed by atoms with Crippen LogP contribution in [0, 0.1) is 0 Å². The molecular weight excluding hydrogens is 360 g/mol. The van der Waals surface area contributed by atoms with Gasteiger partial charge in [0.25, 0.3) is 0 Å². The third-order valence-electron chi connectivity index (χ3n) is 3.45. The molecule has 2 aromatic rings. The molecule has 0 aliphatic carbocycles. The van der Waals surface area contributed by atoms with Crippen LogP contribution in [0.5, 0.6) is 0 Å². The Morgan fingerprint density at radius 1 is 1.35 bits per heavy atom. The minimum atomic E-state index is -0.453. The first-order chi connectivity index (χ1) is 12.4. The van der Waals surface area contributed by atoms with Crippen LogP contribution in [0.25, 0.3) is 0 Å². The molecule has 0 radical (unpaired) electrons. The van der Waals surface area contributed by atoms with Gasteiger partial charge in [0, 0.05) is 19.3 Å². The number of aromatic nitrogens is 3. The Morgan fingerprint density at radius 2 is 2.12 bits per heavy atom. The number of benzene rings is 1. The van der Waals surface area contributed by atoms with Gasteiger partial charge in [0.1, 0.15) is 18.8 Å². The van der Waals surface area contributed by atoms with Crippen LogP contribution in [0.1, 0.15) is 25.7 Å². The van der Waals surface area contributed by atoms with E-state index in [0.29, 0.717) is 28.8 Å². The highest BCUT2D eigenvalue weighted by molar-refractivity contribution is 6.33. The van der Waals surface area contributed by atoms with Gasteiger partial charge >= 0.3 is 6.03 Å². The number of rotatable bonds is 7. The number of urea groups is 1. The van der Waals surface area contributed by atoms with Crippen molar-refractivity contribution < 1.29 is 14.3 Å². The van der Waals surface area contributed by atoms with Gasteiger partial charge in [-0.05, 0) is 32.0 Å². The van der Waals surface area contributed by atoms with Crippen LogP contribution in [0.4, 0.5) is 16.2 Å². The quantitative estimate of drug-likeness (QED) is 0.683. The topological polar surface area (TPSA) is 110 Å². The van der Waals surface area contributed by atoms with Crippen molar-refractivity contribution in [2.45, 2.75) is 26.4 Å². The Bertz CT molecular complexity index is 779. The maximum atomic E-state index is 12.3. The minimum Gasteiger partial charge on any atom is -0.375 e. The summed E-state index contributed by atoms with van der Waals surface area (Å²) >= 11 is 6.12. The summed E-state index contributed by atoms with van der Waals surface area (Å²) in [6, 6.07) is 3.97. The Morgan fingerprint density at radius 3 is 2.81 bits per heavy atom. The summed E-state index contributed by atoms with van der Waals surface area (Å²) in [4.78, 5) is 28.0. The summed E-state index contributed by atoms with van der Waals surface area (Å²) in [5.74, 6) is 0.340. The third kappa shape index (κ3) is 5.17. The van der Waals surface area contributed by atoms with E-state index in [-0.39, 0.29) is 18.6 Å². The zero-order valence-electron chi connectivity index (χ0n) is 14.7. The van der Waals surface area contributed by atoms with Gasteiger partial charge in [-0.25, -0.2) is 14.5 Å². The van der Waals surface area contributed by atoms with Crippen molar-refractivity contribution in [3.63, 3.8) is 0 Å². The highest BCUT2D eigenvalue weighted by Crippen LogP contribution is 2.25. The Kier molecular flexibility index (Phi) is 6.93. The fourth-order valence-electron chi connectivity index (χ4n) is 2.30. The van der Waals surface area contributed by atoms with E-state index in [4.69, 9.17) is 16.3 Å². The minimum absolute atomic E-state index is 0.0680. The molecular formula is C16H21ClN6O3. The van der Waals surface area contributed by atoms with Crippen LogP contribution in [0.3, 0.4) is 0 Å². The molecule has 3 N–H and O–H groups in total. The summed E-state index contributed by atoms with van der Waals surface area (Å²) < 4.78 is 6.46. The highest BCUT2D eigenvalue weighted by Gasteiger charge is 2.16. The van der Waals surface area contributed by atoms with Gasteiger partial charge in [-0.2, -0.15) is 5.10 Å². The zero-order valence-corrected chi connectivity index (χ0v) is 15.5. The van der Waals surface area contributed by atoms with E-state index in [1.807, 2.05) is 6.92 Å². The van der Waals surface area contributed by atoms with Gasteiger partial charge in [-0.1, -0.05) is 11.6 Å². The Labute approximate surface area is 156 Å². The van der Waals surface area contributed by atoms with Crippen molar-refractivity contribution in [1.82, 2.24) is 20.1 Å². The van der Waals surface area contributed by atoms with E-state index >= 15 is 0 Å². The van der Waals surface area contributed by atoms with Crippen LogP contribution in [-0.4, -0.2) is 40.4 Å². The third-order valence-corrected chi connectivity index (χ3v) is 3.78. The number of hydrogen-bond acceptors (Lipinski definition) is 5. The van der Waals surface area contributed by atoms with Crippen LogP contribution < -0.4 is 16.0 Å². The average Bonchev–Trinajstić information content (AvgIpc) is 3.07. The lowest BCUT2D eigenvalue weighted by Crippen LogP contribution is -2.32. The molecule has 2 rings (SSSR count). The number of hydrogen-bond donors (Lipinski definition) is 3. The number of carbonyl (C=O) groups is 2. The number of aryl methyl sites for hydroxylation is 1. The normalized spacial score (nSPS) is 11.7. The molecule has 0 spiro atoms. The second kappa shape index (κ2) is 9.16. The Hall–Kier alpha value is -2.65. The molecule has 1 atom stereocenters. The van der Waals surface area contributed by atoms with Crippen LogP contribution in [-0.2, 0) is 16.1 Å². The van der Waals surface area contributed by atoms with Gasteiger partial charge in [-0.3, -0.25) is 4.79 Å². The van der Waals surface area contributed by atoms with Gasteiger partial charge in [0.05, 0.1) is 16.8 Å². The standard InChI is InChI=1S/C16H21ClN6O3/c1-4-23-15(18-9-19-23)10(2)20-16(25)22-13-7-11(5-6-12(13)17)21-14(24)8-26-3/h5-7,9-10H,4,8H2,1-3H3,(H,21,24)(H2,20,22,25)/t10-/m0/s1. The maximum Gasteiger partial charge on any atom is 0.319 e. The predicted octanol–water partition coefficient (Wildman–Crippen LogP) is 2.42. The molecule has 0 bridgehead atoms. The number of anilines is 2. The van der Waals surface area contributed by atoms with E-state index in [2.05, 4.69) is 26.0 Å². The molecule has 3 amide bonds. The summed E-state index contributed by atoms with van der Waals surface area (Å²) in [5.41, 5.74) is 0.856. The van der Waals surface area contributed by atoms with E-state index in [1.165, 1.54) is 13.4 Å². The van der Waals surface area contributed by atoms with E-state index in [0.717, 1.165) is 0 Å². The lowest BCUT2D eigenvalue weighted by Gasteiger charge is -2.16. The summed E-state index contributed by atoms with van der Waals surface area (Å²) in [5, 5.41) is 12.5. The molecule has 10 heteroatoms. The summed E-state index contributed by atoms with van der Waals surface area (Å²) in [6.45, 7) is 4.33. The lowest BCUT2D eigenvalue weighted by molar-refractivity contribution is -0.119. The fourth-order valence-corrected chi connectivity index (χ4v) is 2.46. The van der Waals surface area contributed by atoms with Crippen LogP contribution in [0.2, 0.25) is 5.02 Å². The summed E-state index contributed by atoms with van der Waals surface area (Å²) in [6.07, 6.45) is 1.44. The van der Waals surface area contributed by atoms with Crippen molar-refractivity contribution in [2.24, 2.45) is 0 Å². The molecule has 0 aliphatic rings. The number of nitrogens with one attached hydrogen (secondary N) is 3. The first-order valence-electron chi connectivity index (χ1n) is 7.98. The smallest absolute Gasteiger partial charge is 0.319 e.